The standard InChI is InChI=1S/C61H107N2O7P/c1-7-10-13-16-19-22-25-28-30-31-32-33-34-36-39-42-45-48-51-54-61(65)70-59(52-49-46-43-40-37-27-24-21-18-15-12-9-3)58(57-69-71(66,67)68-56-55-63(4,5)6)62-60(64)53-50-47-44-41-38-35-29-26-23-20-17-14-11-8-2/h11,14,19-20,22-23,28-30,32-33,35-36,39,49,52,58-59H,7-10,12-13,15-18,21,24-27,31,34,37-38,40-48,50-51,53-57H2,1-6H3,(H-,62,64,66,67)/b14-11+,22-19-,23-20+,30-28-,33-32-,35-29+,39-36-,52-49+. The van der Waals surface area contributed by atoms with E-state index in [4.69, 9.17) is 13.8 Å². The molecule has 0 aromatic rings. The van der Waals surface area contributed by atoms with Crippen LogP contribution in [0.15, 0.2) is 97.2 Å². The van der Waals surface area contributed by atoms with Crippen molar-refractivity contribution >= 4 is 19.7 Å². The molecule has 0 rings (SSSR count). The largest absolute Gasteiger partial charge is 0.756 e. The van der Waals surface area contributed by atoms with Gasteiger partial charge in [-0.15, -0.1) is 0 Å². The van der Waals surface area contributed by atoms with Crippen molar-refractivity contribution in [3.63, 3.8) is 0 Å². The lowest BCUT2D eigenvalue weighted by Gasteiger charge is -2.30. The van der Waals surface area contributed by atoms with Gasteiger partial charge in [-0.2, -0.15) is 0 Å². The van der Waals surface area contributed by atoms with Crippen molar-refractivity contribution in [3.05, 3.63) is 97.2 Å². The van der Waals surface area contributed by atoms with E-state index in [9.17, 15) is 19.0 Å². The van der Waals surface area contributed by atoms with Crippen LogP contribution in [0.4, 0.5) is 0 Å². The van der Waals surface area contributed by atoms with E-state index in [1.54, 1.807) is 0 Å². The molecule has 0 spiro atoms. The molecule has 0 fully saturated rings. The molecule has 408 valence electrons. The molecule has 0 aromatic heterocycles. The second kappa shape index (κ2) is 50.5. The molecule has 3 atom stereocenters. The Kier molecular flexibility index (Phi) is 48.3. The molecule has 1 amide bonds. The van der Waals surface area contributed by atoms with Gasteiger partial charge in [0.05, 0.1) is 33.8 Å². The normalized spacial score (nSPS) is 14.5. The molecular formula is C61H107N2O7P. The maximum Gasteiger partial charge on any atom is 0.306 e. The van der Waals surface area contributed by atoms with Crippen molar-refractivity contribution in [2.45, 2.75) is 238 Å². The van der Waals surface area contributed by atoms with Gasteiger partial charge >= 0.3 is 5.97 Å². The SMILES string of the molecule is CC/C=C/C/C=C/C/C=C/CCCCCCC(=O)NC(COP(=O)([O-])OCC[N+](C)(C)C)C(/C=C/CCCCCCCCCCCC)OC(=O)CCCCC/C=C\C/C=C\C/C=C\C/C=C\CCCCC. The van der Waals surface area contributed by atoms with E-state index < -0.39 is 26.6 Å². The summed E-state index contributed by atoms with van der Waals surface area (Å²) in [5.74, 6) is -0.610. The monoisotopic (exact) mass is 1010 g/mol. The Hall–Kier alpha value is -3.07. The maximum atomic E-state index is 13.5. The van der Waals surface area contributed by atoms with Gasteiger partial charge in [0.2, 0.25) is 5.91 Å². The molecule has 0 saturated heterocycles. The Morgan fingerprint density at radius 1 is 0.507 bits per heavy atom. The number of hydrogen-bond donors (Lipinski definition) is 1. The number of carbonyl (C=O) groups excluding carboxylic acids is 2. The van der Waals surface area contributed by atoms with Crippen LogP contribution in [0.5, 0.6) is 0 Å². The number of ether oxygens (including phenoxy) is 1. The predicted molar refractivity (Wildman–Crippen MR) is 302 cm³/mol. The van der Waals surface area contributed by atoms with Gasteiger partial charge in [0.25, 0.3) is 7.82 Å². The van der Waals surface area contributed by atoms with Gasteiger partial charge < -0.3 is 28.5 Å². The molecule has 0 saturated carbocycles. The zero-order valence-corrected chi connectivity index (χ0v) is 47.3. The zero-order valence-electron chi connectivity index (χ0n) is 46.4. The molecule has 10 heteroatoms. The van der Waals surface area contributed by atoms with Crippen molar-refractivity contribution in [2.24, 2.45) is 0 Å². The van der Waals surface area contributed by atoms with Gasteiger partial charge in [0.15, 0.2) is 0 Å². The van der Waals surface area contributed by atoms with Gasteiger partial charge in [0, 0.05) is 12.8 Å². The number of unbranched alkanes of at least 4 members (excludes halogenated alkanes) is 20. The first-order valence-corrected chi connectivity index (χ1v) is 30.0. The molecule has 71 heavy (non-hydrogen) atoms. The number of nitrogens with zero attached hydrogens (tertiary/aromatic N) is 1. The lowest BCUT2D eigenvalue weighted by molar-refractivity contribution is -0.870. The highest BCUT2D eigenvalue weighted by molar-refractivity contribution is 7.45. The summed E-state index contributed by atoms with van der Waals surface area (Å²) in [7, 11) is 1.14. The molecule has 0 aliphatic heterocycles. The summed E-state index contributed by atoms with van der Waals surface area (Å²) < 4.78 is 30.2. The average Bonchev–Trinajstić information content (AvgIpc) is 3.33. The van der Waals surface area contributed by atoms with E-state index in [2.05, 4.69) is 111 Å². The minimum Gasteiger partial charge on any atom is -0.756 e. The molecule has 9 nitrogen and oxygen atoms in total. The predicted octanol–water partition coefficient (Wildman–Crippen LogP) is 16.6. The van der Waals surface area contributed by atoms with E-state index in [-0.39, 0.29) is 31.3 Å². The summed E-state index contributed by atoms with van der Waals surface area (Å²) >= 11 is 0. The Labute approximate surface area is 437 Å². The number of nitrogens with one attached hydrogen (secondary N) is 1. The van der Waals surface area contributed by atoms with Crippen LogP contribution in [0.25, 0.3) is 0 Å². The molecular weight excluding hydrogens is 904 g/mol. The minimum absolute atomic E-state index is 0.0370. The second-order valence-electron chi connectivity index (χ2n) is 20.1. The van der Waals surface area contributed by atoms with Crippen molar-refractivity contribution in [2.75, 3.05) is 40.9 Å². The summed E-state index contributed by atoms with van der Waals surface area (Å²) in [4.78, 5) is 39.8. The Bertz CT molecular complexity index is 1540. The minimum atomic E-state index is -4.71. The Morgan fingerprint density at radius 2 is 0.901 bits per heavy atom. The number of likely N-dealkylation sites (N-methyl/N-ethyl adjacent to an activating group) is 1. The van der Waals surface area contributed by atoms with Crippen LogP contribution in [0.3, 0.4) is 0 Å². The number of carbonyl (C=O) groups is 2. The van der Waals surface area contributed by atoms with Crippen molar-refractivity contribution in [1.29, 1.82) is 0 Å². The van der Waals surface area contributed by atoms with Gasteiger partial charge in [-0.1, -0.05) is 202 Å². The van der Waals surface area contributed by atoms with Gasteiger partial charge in [-0.3, -0.25) is 14.2 Å². The van der Waals surface area contributed by atoms with E-state index in [1.807, 2.05) is 33.3 Å². The summed E-state index contributed by atoms with van der Waals surface area (Å²) in [6, 6.07) is -0.918. The number of phosphoric ester groups is 1. The van der Waals surface area contributed by atoms with E-state index in [0.717, 1.165) is 103 Å². The second-order valence-corrected chi connectivity index (χ2v) is 21.5. The number of hydrogen-bond acceptors (Lipinski definition) is 7. The highest BCUT2D eigenvalue weighted by Gasteiger charge is 2.27. The smallest absolute Gasteiger partial charge is 0.306 e. The van der Waals surface area contributed by atoms with Crippen LogP contribution in [-0.2, 0) is 27.9 Å². The highest BCUT2D eigenvalue weighted by Crippen LogP contribution is 2.38. The van der Waals surface area contributed by atoms with E-state index in [0.29, 0.717) is 23.9 Å². The van der Waals surface area contributed by atoms with Gasteiger partial charge in [-0.25, -0.2) is 0 Å². The fourth-order valence-electron chi connectivity index (χ4n) is 7.58. The van der Waals surface area contributed by atoms with Crippen molar-refractivity contribution in [3.8, 4) is 0 Å². The molecule has 0 radical (unpaired) electrons. The quantitative estimate of drug-likeness (QED) is 0.0212. The average molecular weight is 1010 g/mol. The van der Waals surface area contributed by atoms with Crippen LogP contribution in [0.2, 0.25) is 0 Å². The third kappa shape index (κ3) is 51.6. The van der Waals surface area contributed by atoms with Crippen LogP contribution >= 0.6 is 7.82 Å². The van der Waals surface area contributed by atoms with Crippen LogP contribution in [-0.4, -0.2) is 69.4 Å². The molecule has 1 N–H and O–H groups in total. The number of rotatable bonds is 50. The lowest BCUT2D eigenvalue weighted by atomic mass is 10.1. The summed E-state index contributed by atoms with van der Waals surface area (Å²) in [6.07, 6.45) is 66.6. The number of allylic oxidation sites excluding steroid dienone is 15. The van der Waals surface area contributed by atoms with Gasteiger partial charge in [-0.05, 0) is 109 Å². The highest BCUT2D eigenvalue weighted by atomic mass is 31.2. The van der Waals surface area contributed by atoms with E-state index in [1.165, 1.54) is 77.0 Å². The number of amides is 1. The number of esters is 1. The third-order valence-corrected chi connectivity index (χ3v) is 13.0. The summed E-state index contributed by atoms with van der Waals surface area (Å²) in [5.41, 5.74) is 0. The number of phosphoric acid groups is 1. The molecule has 0 aromatic carbocycles. The molecule has 0 aliphatic carbocycles. The van der Waals surface area contributed by atoms with Gasteiger partial charge in [0.1, 0.15) is 19.3 Å². The summed E-state index contributed by atoms with van der Waals surface area (Å²) in [5, 5.41) is 2.99. The van der Waals surface area contributed by atoms with Crippen LogP contribution in [0.1, 0.15) is 226 Å². The van der Waals surface area contributed by atoms with Crippen molar-refractivity contribution < 1.29 is 37.3 Å². The summed E-state index contributed by atoms with van der Waals surface area (Å²) in [6.45, 7) is 6.64. The first-order chi connectivity index (χ1) is 34.4. The number of quaternary nitrogens is 1. The Balaban J connectivity index is 5.44. The first kappa shape index (κ1) is 67.9. The third-order valence-electron chi connectivity index (χ3n) is 12.0. The topological polar surface area (TPSA) is 114 Å². The molecule has 0 aliphatic rings. The fraction of sp³-hybridized carbons (Fsp3) is 0.705. The molecule has 0 bridgehead atoms. The van der Waals surface area contributed by atoms with Crippen LogP contribution < -0.4 is 10.2 Å². The Morgan fingerprint density at radius 3 is 1.39 bits per heavy atom. The first-order valence-electron chi connectivity index (χ1n) is 28.5. The van der Waals surface area contributed by atoms with Crippen molar-refractivity contribution in [1.82, 2.24) is 5.32 Å². The molecule has 3 unspecified atom stereocenters. The molecule has 0 heterocycles. The lowest BCUT2D eigenvalue weighted by Crippen LogP contribution is -2.47. The maximum absolute atomic E-state index is 13.5. The zero-order chi connectivity index (χ0) is 52.2. The fourth-order valence-corrected chi connectivity index (χ4v) is 8.30. The van der Waals surface area contributed by atoms with E-state index >= 15 is 0 Å². The van der Waals surface area contributed by atoms with Crippen LogP contribution in [0, 0.1) is 0 Å².